The molecule has 170 valence electrons. The normalized spacial score (nSPS) is 10.9. The van der Waals surface area contributed by atoms with E-state index in [0.29, 0.717) is 34.5 Å². The van der Waals surface area contributed by atoms with Gasteiger partial charge >= 0.3 is 0 Å². The Kier molecular flexibility index (Phi) is 6.85. The molecule has 0 spiro atoms. The Labute approximate surface area is 203 Å². The topological polar surface area (TPSA) is 69.3 Å². The average molecular weight is 533 g/mol. The quantitative estimate of drug-likeness (QED) is 0.294. The molecule has 6 nitrogen and oxygen atoms in total. The number of aromatic nitrogens is 2. The van der Waals surface area contributed by atoms with Crippen molar-refractivity contribution in [3.8, 4) is 5.75 Å². The molecule has 0 aliphatic heterocycles. The number of ether oxygens (including phenoxy) is 1. The number of anilines is 1. The van der Waals surface area contributed by atoms with Gasteiger partial charge < -0.3 is 14.5 Å². The molecular weight excluding hydrogens is 513 g/mol. The number of furan rings is 1. The molecule has 0 bridgehead atoms. The molecule has 1 N–H and O–H groups in total. The summed E-state index contributed by atoms with van der Waals surface area (Å²) in [6, 6.07) is 15.0. The van der Waals surface area contributed by atoms with Crippen molar-refractivity contribution in [2.75, 3.05) is 5.32 Å². The minimum Gasteiger partial charge on any atom is -0.486 e. The van der Waals surface area contributed by atoms with Gasteiger partial charge in [-0.1, -0.05) is 33.6 Å². The van der Waals surface area contributed by atoms with E-state index in [-0.39, 0.29) is 12.4 Å². The van der Waals surface area contributed by atoms with Crippen LogP contribution in [0.15, 0.2) is 63.5 Å². The third-order valence-corrected chi connectivity index (χ3v) is 5.92. The second-order valence-corrected chi connectivity index (χ2v) is 8.72. The van der Waals surface area contributed by atoms with E-state index in [1.165, 1.54) is 12.1 Å². The summed E-state index contributed by atoms with van der Waals surface area (Å²) in [5.41, 5.74) is 2.70. The predicted octanol–water partition coefficient (Wildman–Crippen LogP) is 6.53. The lowest BCUT2D eigenvalue weighted by Gasteiger charge is -2.08. The van der Waals surface area contributed by atoms with Gasteiger partial charge in [-0.3, -0.25) is 9.48 Å². The maximum Gasteiger partial charge on any atom is 0.291 e. The van der Waals surface area contributed by atoms with Crippen LogP contribution in [0.25, 0.3) is 0 Å². The predicted molar refractivity (Wildman–Crippen MR) is 127 cm³/mol. The van der Waals surface area contributed by atoms with E-state index in [9.17, 15) is 9.18 Å². The zero-order chi connectivity index (χ0) is 23.5. The lowest BCUT2D eigenvalue weighted by molar-refractivity contribution is 0.0992. The van der Waals surface area contributed by atoms with Crippen LogP contribution in [0.1, 0.15) is 33.3 Å². The summed E-state index contributed by atoms with van der Waals surface area (Å²) >= 11 is 9.52. The SMILES string of the molecule is Cc1nn(Cc2ccc(F)cc2Cl)c(C)c1NC(=O)c1ccc(COc2ccc(Br)cc2)o1. The van der Waals surface area contributed by atoms with Crippen molar-refractivity contribution < 1.29 is 18.3 Å². The molecule has 0 unspecified atom stereocenters. The summed E-state index contributed by atoms with van der Waals surface area (Å²) in [6.45, 7) is 4.18. The zero-order valence-corrected chi connectivity index (χ0v) is 20.2. The lowest BCUT2D eigenvalue weighted by atomic mass is 10.2. The molecule has 4 rings (SSSR count). The molecule has 0 aliphatic carbocycles. The number of benzene rings is 2. The standard InChI is InChI=1S/C24H20BrClFN3O3/c1-14-23(15(2)30(29-14)12-16-3-6-18(27)11-21(16)26)28-24(31)22-10-9-20(33-22)13-32-19-7-4-17(25)5-8-19/h3-11H,12-13H2,1-2H3,(H,28,31). The summed E-state index contributed by atoms with van der Waals surface area (Å²) in [6.07, 6.45) is 0. The molecule has 0 fully saturated rings. The second kappa shape index (κ2) is 9.80. The van der Waals surface area contributed by atoms with Crippen molar-refractivity contribution in [3.05, 3.63) is 98.4 Å². The number of carbonyl (C=O) groups excluding carboxylic acids is 1. The van der Waals surface area contributed by atoms with E-state index < -0.39 is 11.7 Å². The van der Waals surface area contributed by atoms with E-state index >= 15 is 0 Å². The molecule has 0 aliphatic rings. The highest BCUT2D eigenvalue weighted by molar-refractivity contribution is 9.10. The number of aryl methyl sites for hydroxylation is 1. The highest BCUT2D eigenvalue weighted by Gasteiger charge is 2.18. The average Bonchev–Trinajstić information content (AvgIpc) is 3.36. The first-order chi connectivity index (χ1) is 15.8. The van der Waals surface area contributed by atoms with E-state index in [0.717, 1.165) is 15.7 Å². The smallest absolute Gasteiger partial charge is 0.291 e. The van der Waals surface area contributed by atoms with Gasteiger partial charge in [-0.05, 0) is 67.9 Å². The Hall–Kier alpha value is -3.10. The van der Waals surface area contributed by atoms with Crippen LogP contribution in [-0.2, 0) is 13.2 Å². The molecule has 4 aromatic rings. The Balaban J connectivity index is 1.42. The summed E-state index contributed by atoms with van der Waals surface area (Å²) in [7, 11) is 0. The van der Waals surface area contributed by atoms with Crippen molar-refractivity contribution in [1.29, 1.82) is 0 Å². The Morgan fingerprint density at radius 3 is 2.67 bits per heavy atom. The summed E-state index contributed by atoms with van der Waals surface area (Å²) < 4.78 is 27.3. The van der Waals surface area contributed by atoms with Gasteiger partial charge in [0.1, 0.15) is 23.9 Å². The fourth-order valence-corrected chi connectivity index (χ4v) is 3.77. The van der Waals surface area contributed by atoms with Crippen molar-refractivity contribution in [1.82, 2.24) is 9.78 Å². The van der Waals surface area contributed by atoms with E-state index in [1.54, 1.807) is 29.8 Å². The third kappa shape index (κ3) is 5.46. The number of halogens is 3. The minimum atomic E-state index is -0.398. The Morgan fingerprint density at radius 1 is 1.18 bits per heavy atom. The summed E-state index contributed by atoms with van der Waals surface area (Å²) in [4.78, 5) is 12.8. The molecule has 2 heterocycles. The number of hydrogen-bond acceptors (Lipinski definition) is 4. The number of hydrogen-bond donors (Lipinski definition) is 1. The fraction of sp³-hybridized carbons (Fsp3) is 0.167. The van der Waals surface area contributed by atoms with Crippen LogP contribution < -0.4 is 10.1 Å². The second-order valence-electron chi connectivity index (χ2n) is 7.40. The number of amides is 1. The Morgan fingerprint density at radius 2 is 1.94 bits per heavy atom. The minimum absolute atomic E-state index is 0.164. The van der Waals surface area contributed by atoms with Crippen LogP contribution in [0, 0.1) is 19.7 Å². The summed E-state index contributed by atoms with van der Waals surface area (Å²) in [5, 5.41) is 7.67. The van der Waals surface area contributed by atoms with Crippen molar-refractivity contribution in [3.63, 3.8) is 0 Å². The molecule has 0 saturated carbocycles. The highest BCUT2D eigenvalue weighted by atomic mass is 79.9. The Bertz CT molecular complexity index is 1300. The third-order valence-electron chi connectivity index (χ3n) is 5.04. The maximum atomic E-state index is 13.3. The highest BCUT2D eigenvalue weighted by Crippen LogP contribution is 2.24. The van der Waals surface area contributed by atoms with Crippen LogP contribution >= 0.6 is 27.5 Å². The van der Waals surface area contributed by atoms with E-state index in [2.05, 4.69) is 26.3 Å². The molecule has 2 aromatic carbocycles. The molecular formula is C24H20BrClFN3O3. The molecule has 9 heteroatoms. The largest absolute Gasteiger partial charge is 0.486 e. The molecule has 0 radical (unpaired) electrons. The first kappa shape index (κ1) is 23.1. The van der Waals surface area contributed by atoms with Crippen LogP contribution in [0.3, 0.4) is 0 Å². The number of carbonyl (C=O) groups is 1. The van der Waals surface area contributed by atoms with Crippen molar-refractivity contribution in [2.45, 2.75) is 27.0 Å². The number of rotatable bonds is 7. The summed E-state index contributed by atoms with van der Waals surface area (Å²) in [5.74, 6) is 0.594. The molecule has 0 saturated heterocycles. The van der Waals surface area contributed by atoms with Gasteiger partial charge in [0.2, 0.25) is 0 Å². The lowest BCUT2D eigenvalue weighted by Crippen LogP contribution is -2.12. The van der Waals surface area contributed by atoms with Crippen LogP contribution in [-0.4, -0.2) is 15.7 Å². The maximum absolute atomic E-state index is 13.3. The molecule has 0 atom stereocenters. The van der Waals surface area contributed by atoms with Crippen molar-refractivity contribution >= 4 is 39.1 Å². The van der Waals surface area contributed by atoms with Gasteiger partial charge in [0.25, 0.3) is 5.91 Å². The van der Waals surface area contributed by atoms with Gasteiger partial charge in [0.15, 0.2) is 5.76 Å². The van der Waals surface area contributed by atoms with Gasteiger partial charge in [0, 0.05) is 9.50 Å². The van der Waals surface area contributed by atoms with Gasteiger partial charge in [-0.25, -0.2) is 4.39 Å². The molecule has 33 heavy (non-hydrogen) atoms. The van der Waals surface area contributed by atoms with Gasteiger partial charge in [-0.15, -0.1) is 0 Å². The molecule has 1 amide bonds. The number of nitrogens with one attached hydrogen (secondary N) is 1. The van der Waals surface area contributed by atoms with Crippen molar-refractivity contribution in [2.24, 2.45) is 0 Å². The fourth-order valence-electron chi connectivity index (χ4n) is 3.28. The molecule has 2 aromatic heterocycles. The first-order valence-electron chi connectivity index (χ1n) is 10.1. The van der Waals surface area contributed by atoms with Gasteiger partial charge in [0.05, 0.1) is 23.6 Å². The van der Waals surface area contributed by atoms with Crippen LogP contribution in [0.5, 0.6) is 5.75 Å². The first-order valence-corrected chi connectivity index (χ1v) is 11.2. The van der Waals surface area contributed by atoms with E-state index in [4.69, 9.17) is 20.8 Å². The van der Waals surface area contributed by atoms with E-state index in [1.807, 2.05) is 31.2 Å². The monoisotopic (exact) mass is 531 g/mol. The van der Waals surface area contributed by atoms with Crippen LogP contribution in [0.2, 0.25) is 5.02 Å². The zero-order valence-electron chi connectivity index (χ0n) is 17.9. The van der Waals surface area contributed by atoms with Crippen LogP contribution in [0.4, 0.5) is 10.1 Å². The van der Waals surface area contributed by atoms with Gasteiger partial charge in [-0.2, -0.15) is 5.10 Å². The number of nitrogens with zero attached hydrogens (tertiary/aromatic N) is 2.